The highest BCUT2D eigenvalue weighted by Gasteiger charge is 2.34. The average Bonchev–Trinajstić information content (AvgIpc) is 3.02. The van der Waals surface area contributed by atoms with Gasteiger partial charge < -0.3 is 9.64 Å². The van der Waals surface area contributed by atoms with Crippen LogP contribution in [-0.4, -0.2) is 36.0 Å². The Kier molecular flexibility index (Phi) is 5.54. The number of carbonyl (C=O) groups excluding carboxylic acids is 2. The Morgan fingerprint density at radius 2 is 1.79 bits per heavy atom. The van der Waals surface area contributed by atoms with Crippen LogP contribution in [0.2, 0.25) is 0 Å². The SMILES string of the molecule is CC(=O)N1CCC(C(=O)O[C@H]2CCC[C@H]2Cc2ccccc2)CC1. The first-order valence-electron chi connectivity index (χ1n) is 9.13. The third-order valence-electron chi connectivity index (χ3n) is 5.47. The number of benzene rings is 1. The molecule has 1 aliphatic carbocycles. The van der Waals surface area contributed by atoms with Gasteiger partial charge in [0.15, 0.2) is 0 Å². The van der Waals surface area contributed by atoms with Crippen LogP contribution in [0, 0.1) is 11.8 Å². The van der Waals surface area contributed by atoms with Crippen molar-refractivity contribution in [2.75, 3.05) is 13.1 Å². The van der Waals surface area contributed by atoms with Crippen LogP contribution in [0.3, 0.4) is 0 Å². The Hall–Kier alpha value is -1.84. The number of hydrogen-bond acceptors (Lipinski definition) is 3. The van der Waals surface area contributed by atoms with E-state index in [0.29, 0.717) is 19.0 Å². The fourth-order valence-electron chi connectivity index (χ4n) is 3.98. The van der Waals surface area contributed by atoms with Crippen LogP contribution in [0.25, 0.3) is 0 Å². The lowest BCUT2D eigenvalue weighted by atomic mass is 9.95. The summed E-state index contributed by atoms with van der Waals surface area (Å²) in [6.45, 7) is 2.94. The van der Waals surface area contributed by atoms with E-state index in [1.54, 1.807) is 6.92 Å². The Bertz CT molecular complexity index is 564. The van der Waals surface area contributed by atoms with Gasteiger partial charge in [0.05, 0.1) is 5.92 Å². The molecule has 1 heterocycles. The fourth-order valence-corrected chi connectivity index (χ4v) is 3.98. The molecule has 130 valence electrons. The summed E-state index contributed by atoms with van der Waals surface area (Å²) in [5, 5.41) is 0. The molecule has 1 aromatic carbocycles. The highest BCUT2D eigenvalue weighted by atomic mass is 16.5. The van der Waals surface area contributed by atoms with Gasteiger partial charge in [0, 0.05) is 20.0 Å². The Morgan fingerprint density at radius 3 is 2.46 bits per heavy atom. The lowest BCUT2D eigenvalue weighted by molar-refractivity contribution is -0.158. The molecule has 0 radical (unpaired) electrons. The third-order valence-corrected chi connectivity index (χ3v) is 5.47. The molecule has 0 aromatic heterocycles. The van der Waals surface area contributed by atoms with Crippen LogP contribution < -0.4 is 0 Å². The zero-order valence-electron chi connectivity index (χ0n) is 14.4. The van der Waals surface area contributed by atoms with Crippen molar-refractivity contribution in [1.82, 2.24) is 4.90 Å². The number of amides is 1. The molecule has 2 aliphatic rings. The van der Waals surface area contributed by atoms with Crippen LogP contribution in [0.4, 0.5) is 0 Å². The summed E-state index contributed by atoms with van der Waals surface area (Å²) >= 11 is 0. The number of ether oxygens (including phenoxy) is 1. The van der Waals surface area contributed by atoms with Crippen LogP contribution in [0.15, 0.2) is 30.3 Å². The second kappa shape index (κ2) is 7.82. The number of carbonyl (C=O) groups is 2. The fraction of sp³-hybridized carbons (Fsp3) is 0.600. The maximum absolute atomic E-state index is 12.5. The average molecular weight is 329 g/mol. The van der Waals surface area contributed by atoms with E-state index in [9.17, 15) is 9.59 Å². The first-order chi connectivity index (χ1) is 11.6. The lowest BCUT2D eigenvalue weighted by Gasteiger charge is -2.31. The van der Waals surface area contributed by atoms with Gasteiger partial charge in [-0.25, -0.2) is 0 Å². The van der Waals surface area contributed by atoms with Gasteiger partial charge in [-0.3, -0.25) is 9.59 Å². The minimum absolute atomic E-state index is 0.0430. The van der Waals surface area contributed by atoms with E-state index >= 15 is 0 Å². The molecule has 4 heteroatoms. The minimum atomic E-state index is -0.0526. The number of likely N-dealkylation sites (tertiary alicyclic amines) is 1. The lowest BCUT2D eigenvalue weighted by Crippen LogP contribution is -2.40. The van der Waals surface area contributed by atoms with Gasteiger partial charge in [0.1, 0.15) is 6.10 Å². The molecular formula is C20H27NO3. The number of rotatable bonds is 4. The van der Waals surface area contributed by atoms with Gasteiger partial charge in [-0.15, -0.1) is 0 Å². The van der Waals surface area contributed by atoms with Crippen molar-refractivity contribution in [2.45, 2.75) is 51.6 Å². The van der Waals surface area contributed by atoms with E-state index in [2.05, 4.69) is 24.3 Å². The molecule has 2 fully saturated rings. The van der Waals surface area contributed by atoms with Gasteiger partial charge in [-0.1, -0.05) is 30.3 Å². The molecule has 2 atom stereocenters. The Balaban J connectivity index is 1.51. The standard InChI is InChI=1S/C20H27NO3/c1-15(22)21-12-10-17(11-13-21)20(23)24-19-9-5-8-18(19)14-16-6-3-2-4-7-16/h2-4,6-7,17-19H,5,8-14H2,1H3/t18-,19-/m0/s1. The van der Waals surface area contributed by atoms with E-state index in [1.807, 2.05) is 11.0 Å². The normalized spacial score (nSPS) is 24.8. The molecule has 1 amide bonds. The van der Waals surface area contributed by atoms with Crippen LogP contribution in [-0.2, 0) is 20.7 Å². The molecule has 0 spiro atoms. The molecule has 1 aliphatic heterocycles. The molecule has 3 rings (SSSR count). The predicted octanol–water partition coefficient (Wildman–Crippen LogP) is 3.20. The molecule has 4 nitrogen and oxygen atoms in total. The number of esters is 1. The number of nitrogens with zero attached hydrogens (tertiary/aromatic N) is 1. The van der Waals surface area contributed by atoms with E-state index in [1.165, 1.54) is 5.56 Å². The maximum Gasteiger partial charge on any atom is 0.309 e. The Labute approximate surface area is 144 Å². The molecule has 1 saturated carbocycles. The molecule has 0 unspecified atom stereocenters. The van der Waals surface area contributed by atoms with Crippen molar-refractivity contribution in [2.24, 2.45) is 11.8 Å². The summed E-state index contributed by atoms with van der Waals surface area (Å²) in [7, 11) is 0. The van der Waals surface area contributed by atoms with Crippen molar-refractivity contribution >= 4 is 11.9 Å². The highest BCUT2D eigenvalue weighted by molar-refractivity contribution is 5.75. The maximum atomic E-state index is 12.5. The molecule has 0 bridgehead atoms. The van der Waals surface area contributed by atoms with E-state index in [0.717, 1.165) is 38.5 Å². The first kappa shape index (κ1) is 17.0. The smallest absolute Gasteiger partial charge is 0.309 e. The zero-order valence-corrected chi connectivity index (χ0v) is 14.4. The topological polar surface area (TPSA) is 46.6 Å². The predicted molar refractivity (Wildman–Crippen MR) is 92.3 cm³/mol. The molecular weight excluding hydrogens is 302 g/mol. The minimum Gasteiger partial charge on any atom is -0.462 e. The van der Waals surface area contributed by atoms with Gasteiger partial charge in [-0.2, -0.15) is 0 Å². The van der Waals surface area contributed by atoms with Crippen molar-refractivity contribution in [3.05, 3.63) is 35.9 Å². The summed E-state index contributed by atoms with van der Waals surface area (Å²) in [6.07, 6.45) is 5.76. The van der Waals surface area contributed by atoms with E-state index in [-0.39, 0.29) is 23.9 Å². The van der Waals surface area contributed by atoms with Gasteiger partial charge in [-0.05, 0) is 50.0 Å². The van der Waals surface area contributed by atoms with E-state index in [4.69, 9.17) is 4.74 Å². The summed E-state index contributed by atoms with van der Waals surface area (Å²) in [6, 6.07) is 10.5. The van der Waals surface area contributed by atoms with Crippen molar-refractivity contribution < 1.29 is 14.3 Å². The first-order valence-corrected chi connectivity index (χ1v) is 9.13. The quantitative estimate of drug-likeness (QED) is 0.797. The zero-order chi connectivity index (χ0) is 16.9. The summed E-state index contributed by atoms with van der Waals surface area (Å²) in [5.74, 6) is 0.441. The number of hydrogen-bond donors (Lipinski definition) is 0. The molecule has 24 heavy (non-hydrogen) atoms. The third kappa shape index (κ3) is 4.16. The molecule has 1 saturated heterocycles. The van der Waals surface area contributed by atoms with Crippen molar-refractivity contribution in [3.63, 3.8) is 0 Å². The van der Waals surface area contributed by atoms with Crippen LogP contribution >= 0.6 is 0 Å². The van der Waals surface area contributed by atoms with E-state index < -0.39 is 0 Å². The monoisotopic (exact) mass is 329 g/mol. The van der Waals surface area contributed by atoms with Crippen LogP contribution in [0.1, 0.15) is 44.6 Å². The van der Waals surface area contributed by atoms with Crippen molar-refractivity contribution in [3.8, 4) is 0 Å². The largest absolute Gasteiger partial charge is 0.462 e. The highest BCUT2D eigenvalue weighted by Crippen LogP contribution is 2.32. The summed E-state index contributed by atoms with van der Waals surface area (Å²) in [5.41, 5.74) is 1.32. The molecule has 0 N–H and O–H groups in total. The second-order valence-electron chi connectivity index (χ2n) is 7.14. The van der Waals surface area contributed by atoms with Gasteiger partial charge >= 0.3 is 5.97 Å². The summed E-state index contributed by atoms with van der Waals surface area (Å²) < 4.78 is 5.89. The van der Waals surface area contributed by atoms with Gasteiger partial charge in [0.2, 0.25) is 5.91 Å². The summed E-state index contributed by atoms with van der Waals surface area (Å²) in [4.78, 5) is 25.7. The van der Waals surface area contributed by atoms with Gasteiger partial charge in [0.25, 0.3) is 0 Å². The molecule has 1 aromatic rings. The Morgan fingerprint density at radius 1 is 1.08 bits per heavy atom. The second-order valence-corrected chi connectivity index (χ2v) is 7.14. The number of piperidine rings is 1. The van der Waals surface area contributed by atoms with Crippen LogP contribution in [0.5, 0.6) is 0 Å². The van der Waals surface area contributed by atoms with Crippen molar-refractivity contribution in [1.29, 1.82) is 0 Å².